The average molecular weight is 273 g/mol. The van der Waals surface area contributed by atoms with Gasteiger partial charge in [0.25, 0.3) is 5.91 Å². The SMILES string of the molecule is COc1ccc(CNC(=O)C2CO2)cc1OC(F)F. The maximum Gasteiger partial charge on any atom is 0.387 e. The summed E-state index contributed by atoms with van der Waals surface area (Å²) in [6.45, 7) is -2.30. The van der Waals surface area contributed by atoms with E-state index in [1.807, 2.05) is 0 Å². The topological polar surface area (TPSA) is 60.1 Å². The van der Waals surface area contributed by atoms with E-state index in [1.54, 1.807) is 6.07 Å². The zero-order chi connectivity index (χ0) is 13.8. The first-order valence-corrected chi connectivity index (χ1v) is 5.61. The summed E-state index contributed by atoms with van der Waals surface area (Å²) in [5.74, 6) is -0.0695. The van der Waals surface area contributed by atoms with Crippen molar-refractivity contribution in [2.75, 3.05) is 13.7 Å². The van der Waals surface area contributed by atoms with Crippen LogP contribution in [0.3, 0.4) is 0 Å². The minimum Gasteiger partial charge on any atom is -0.493 e. The molecule has 0 aromatic heterocycles. The van der Waals surface area contributed by atoms with Crippen molar-refractivity contribution in [2.24, 2.45) is 0 Å². The number of methoxy groups -OCH3 is 1. The number of carbonyl (C=O) groups excluding carboxylic acids is 1. The molecule has 1 N–H and O–H groups in total. The summed E-state index contributed by atoms with van der Waals surface area (Å²) < 4.78 is 38.5. The van der Waals surface area contributed by atoms with Gasteiger partial charge in [0.05, 0.1) is 13.7 Å². The molecule has 1 aromatic rings. The molecule has 1 aromatic carbocycles. The van der Waals surface area contributed by atoms with E-state index < -0.39 is 6.61 Å². The normalized spacial score (nSPS) is 17.2. The highest BCUT2D eigenvalue weighted by molar-refractivity contribution is 5.82. The highest BCUT2D eigenvalue weighted by Gasteiger charge is 2.30. The van der Waals surface area contributed by atoms with E-state index in [1.165, 1.54) is 19.2 Å². The van der Waals surface area contributed by atoms with Gasteiger partial charge < -0.3 is 19.5 Å². The van der Waals surface area contributed by atoms with Gasteiger partial charge in [-0.15, -0.1) is 0 Å². The molecule has 2 rings (SSSR count). The maximum absolute atomic E-state index is 12.2. The van der Waals surface area contributed by atoms with Crippen LogP contribution in [0.25, 0.3) is 0 Å². The Hall–Kier alpha value is -1.89. The van der Waals surface area contributed by atoms with E-state index in [0.29, 0.717) is 12.2 Å². The predicted octanol–water partition coefficient (Wildman–Crippen LogP) is 1.31. The molecular weight excluding hydrogens is 260 g/mol. The number of halogens is 2. The van der Waals surface area contributed by atoms with Gasteiger partial charge in [0, 0.05) is 6.54 Å². The lowest BCUT2D eigenvalue weighted by Crippen LogP contribution is -2.27. The lowest BCUT2D eigenvalue weighted by atomic mass is 10.2. The highest BCUT2D eigenvalue weighted by Crippen LogP contribution is 2.29. The van der Waals surface area contributed by atoms with Gasteiger partial charge in [-0.1, -0.05) is 6.07 Å². The van der Waals surface area contributed by atoms with E-state index in [4.69, 9.17) is 9.47 Å². The molecule has 19 heavy (non-hydrogen) atoms. The van der Waals surface area contributed by atoms with Crippen molar-refractivity contribution in [1.29, 1.82) is 0 Å². The summed E-state index contributed by atoms with van der Waals surface area (Å²) in [7, 11) is 1.36. The van der Waals surface area contributed by atoms with Crippen LogP contribution in [0.1, 0.15) is 5.56 Å². The van der Waals surface area contributed by atoms with E-state index in [-0.39, 0.29) is 30.1 Å². The molecule has 1 aliphatic heterocycles. The fourth-order valence-electron chi connectivity index (χ4n) is 1.52. The first-order valence-electron chi connectivity index (χ1n) is 5.61. The number of hydrogen-bond donors (Lipinski definition) is 1. The van der Waals surface area contributed by atoms with Crippen LogP contribution in [0.5, 0.6) is 11.5 Å². The number of amides is 1. The molecular formula is C12H13F2NO4. The third-order valence-electron chi connectivity index (χ3n) is 2.54. The van der Waals surface area contributed by atoms with Crippen molar-refractivity contribution in [3.63, 3.8) is 0 Å². The largest absolute Gasteiger partial charge is 0.493 e. The zero-order valence-corrected chi connectivity index (χ0v) is 10.2. The van der Waals surface area contributed by atoms with Crippen molar-refractivity contribution < 1.29 is 27.8 Å². The van der Waals surface area contributed by atoms with Gasteiger partial charge in [-0.25, -0.2) is 0 Å². The first-order chi connectivity index (χ1) is 9.10. The molecule has 0 radical (unpaired) electrons. The van der Waals surface area contributed by atoms with Gasteiger partial charge in [0.1, 0.15) is 0 Å². The van der Waals surface area contributed by atoms with Crippen LogP contribution in [-0.4, -0.2) is 32.3 Å². The van der Waals surface area contributed by atoms with Gasteiger partial charge in [-0.05, 0) is 17.7 Å². The fraction of sp³-hybridized carbons (Fsp3) is 0.417. The number of hydrogen-bond acceptors (Lipinski definition) is 4. The molecule has 1 saturated heterocycles. The second-order valence-electron chi connectivity index (χ2n) is 3.90. The molecule has 0 bridgehead atoms. The third kappa shape index (κ3) is 3.78. The van der Waals surface area contributed by atoms with E-state index in [9.17, 15) is 13.6 Å². The predicted molar refractivity (Wildman–Crippen MR) is 61.2 cm³/mol. The smallest absolute Gasteiger partial charge is 0.387 e. The fourth-order valence-corrected chi connectivity index (χ4v) is 1.52. The van der Waals surface area contributed by atoms with Gasteiger partial charge in [0.15, 0.2) is 17.6 Å². The van der Waals surface area contributed by atoms with Crippen molar-refractivity contribution in [3.8, 4) is 11.5 Å². The number of benzene rings is 1. The summed E-state index contributed by atoms with van der Waals surface area (Å²) in [6, 6.07) is 4.57. The van der Waals surface area contributed by atoms with Crippen molar-refractivity contribution >= 4 is 5.91 Å². The molecule has 1 fully saturated rings. The van der Waals surface area contributed by atoms with Crippen molar-refractivity contribution in [2.45, 2.75) is 19.3 Å². The van der Waals surface area contributed by atoms with Crippen molar-refractivity contribution in [1.82, 2.24) is 5.32 Å². The van der Waals surface area contributed by atoms with Gasteiger partial charge >= 0.3 is 6.61 Å². The van der Waals surface area contributed by atoms with Crippen LogP contribution in [-0.2, 0) is 16.1 Å². The Bertz CT molecular complexity index is 463. The zero-order valence-electron chi connectivity index (χ0n) is 10.2. The maximum atomic E-state index is 12.2. The van der Waals surface area contributed by atoms with Crippen LogP contribution < -0.4 is 14.8 Å². The summed E-state index contributed by atoms with van der Waals surface area (Å²) in [5, 5.41) is 2.63. The number of ether oxygens (including phenoxy) is 3. The molecule has 1 aliphatic rings. The third-order valence-corrected chi connectivity index (χ3v) is 2.54. The second-order valence-corrected chi connectivity index (χ2v) is 3.90. The summed E-state index contributed by atoms with van der Waals surface area (Å²) in [4.78, 5) is 11.4. The quantitative estimate of drug-likeness (QED) is 0.794. The monoisotopic (exact) mass is 273 g/mol. The summed E-state index contributed by atoms with van der Waals surface area (Å²) >= 11 is 0. The second kappa shape index (κ2) is 5.83. The van der Waals surface area contributed by atoms with Crippen LogP contribution >= 0.6 is 0 Å². The molecule has 1 atom stereocenters. The number of nitrogens with one attached hydrogen (secondary N) is 1. The Morgan fingerprint density at radius 2 is 2.26 bits per heavy atom. The van der Waals surface area contributed by atoms with Gasteiger partial charge in [0.2, 0.25) is 0 Å². The number of carbonyl (C=O) groups is 1. The molecule has 0 saturated carbocycles. The molecule has 0 aliphatic carbocycles. The lowest BCUT2D eigenvalue weighted by Gasteiger charge is -2.11. The molecule has 1 unspecified atom stereocenters. The number of epoxide rings is 1. The minimum atomic E-state index is -2.93. The molecule has 7 heteroatoms. The Balaban J connectivity index is 2.01. The summed E-state index contributed by atoms with van der Waals surface area (Å²) in [5.41, 5.74) is 0.630. The Morgan fingerprint density at radius 1 is 1.53 bits per heavy atom. The van der Waals surface area contributed by atoms with Gasteiger partial charge in [-0.2, -0.15) is 8.78 Å². The molecule has 5 nitrogen and oxygen atoms in total. The van der Waals surface area contributed by atoms with E-state index in [2.05, 4.69) is 10.1 Å². The molecule has 0 spiro atoms. The molecule has 1 heterocycles. The Morgan fingerprint density at radius 3 is 2.84 bits per heavy atom. The number of rotatable bonds is 6. The van der Waals surface area contributed by atoms with Crippen LogP contribution in [0, 0.1) is 0 Å². The standard InChI is InChI=1S/C12H13F2NO4/c1-17-8-3-2-7(4-9(8)19-12(13)14)5-15-11(16)10-6-18-10/h2-4,10,12H,5-6H2,1H3,(H,15,16). The highest BCUT2D eigenvalue weighted by atomic mass is 19.3. The molecule has 104 valence electrons. The molecule has 1 amide bonds. The van der Waals surface area contributed by atoms with E-state index >= 15 is 0 Å². The Labute approximate surface area is 108 Å². The first kappa shape index (κ1) is 13.5. The van der Waals surface area contributed by atoms with Crippen molar-refractivity contribution in [3.05, 3.63) is 23.8 Å². The Kier molecular flexibility index (Phi) is 4.16. The van der Waals surface area contributed by atoms with Crippen LogP contribution in [0.4, 0.5) is 8.78 Å². The van der Waals surface area contributed by atoms with E-state index in [0.717, 1.165) is 0 Å². The summed E-state index contributed by atoms with van der Waals surface area (Å²) in [6.07, 6.45) is -0.380. The number of alkyl halides is 2. The van der Waals surface area contributed by atoms with Crippen LogP contribution in [0.2, 0.25) is 0 Å². The van der Waals surface area contributed by atoms with Crippen LogP contribution in [0.15, 0.2) is 18.2 Å². The minimum absolute atomic E-state index is 0.0630. The lowest BCUT2D eigenvalue weighted by molar-refractivity contribution is -0.122. The van der Waals surface area contributed by atoms with Gasteiger partial charge in [-0.3, -0.25) is 4.79 Å². The average Bonchev–Trinajstić information content (AvgIpc) is 3.19.